The molecule has 0 aliphatic heterocycles. The number of fused-ring (bicyclic) bond motifs is 5. The molecule has 146 valence electrons. The van der Waals surface area contributed by atoms with E-state index in [1.165, 1.54) is 12.5 Å². The zero-order valence-electron chi connectivity index (χ0n) is 16.4. The minimum absolute atomic E-state index is 0.199. The van der Waals surface area contributed by atoms with Crippen LogP contribution in [0.5, 0.6) is 0 Å². The van der Waals surface area contributed by atoms with Crippen molar-refractivity contribution >= 4 is 11.8 Å². The fourth-order valence-electron chi connectivity index (χ4n) is 7.12. The van der Waals surface area contributed by atoms with Crippen molar-refractivity contribution in [2.24, 2.45) is 28.6 Å². The molecule has 0 saturated heterocycles. The lowest BCUT2D eigenvalue weighted by Crippen LogP contribution is -2.56. The summed E-state index contributed by atoms with van der Waals surface area (Å²) in [6.07, 6.45) is 14.3. The van der Waals surface area contributed by atoms with Crippen molar-refractivity contribution in [1.29, 1.82) is 0 Å². The van der Waals surface area contributed by atoms with Gasteiger partial charge in [-0.1, -0.05) is 18.4 Å². The first-order valence-corrected chi connectivity index (χ1v) is 10.3. The normalized spacial score (nSPS) is 45.8. The minimum Gasteiger partial charge on any atom is -0.465 e. The number of ketones is 1. The highest BCUT2D eigenvalue weighted by atomic mass is 16.5. The van der Waals surface area contributed by atoms with Gasteiger partial charge in [0.05, 0.1) is 0 Å². The molecule has 0 aromatic heterocycles. The molecule has 4 heteroatoms. The average Bonchev–Trinajstić information content (AvgIpc) is 2.92. The molecule has 0 radical (unpaired) electrons. The minimum atomic E-state index is -1.01. The number of carbonyl (C=O) groups is 2. The summed E-state index contributed by atoms with van der Waals surface area (Å²) in [5.41, 5.74) is -0.266. The van der Waals surface area contributed by atoms with Crippen molar-refractivity contribution in [1.82, 2.24) is 0 Å². The molecular weight excluding hydrogens is 340 g/mol. The van der Waals surface area contributed by atoms with Gasteiger partial charge in [-0.25, -0.2) is 0 Å². The fraction of sp³-hybridized carbons (Fsp3) is 0.739. The lowest BCUT2D eigenvalue weighted by atomic mass is 9.46. The molecule has 4 aliphatic carbocycles. The first kappa shape index (κ1) is 18.7. The number of terminal acetylenes is 1. The number of carbonyl (C=O) groups excluding carboxylic acids is 2. The molecule has 3 fully saturated rings. The number of hydrogen-bond donors (Lipinski definition) is 1. The Balaban J connectivity index is 1.71. The Morgan fingerprint density at radius 2 is 2.00 bits per heavy atom. The third kappa shape index (κ3) is 2.54. The second kappa shape index (κ2) is 6.21. The second-order valence-electron chi connectivity index (χ2n) is 9.49. The number of hydrogen-bond acceptors (Lipinski definition) is 4. The topological polar surface area (TPSA) is 63.6 Å². The van der Waals surface area contributed by atoms with E-state index in [0.717, 1.165) is 38.5 Å². The van der Waals surface area contributed by atoms with Crippen LogP contribution in [0.4, 0.5) is 0 Å². The third-order valence-corrected chi connectivity index (χ3v) is 8.61. The summed E-state index contributed by atoms with van der Waals surface area (Å²) in [5, 5.41) is 11.1. The Morgan fingerprint density at radius 1 is 1.26 bits per heavy atom. The molecule has 4 rings (SSSR count). The Hall–Kier alpha value is -1.60. The predicted molar refractivity (Wildman–Crippen MR) is 101 cm³/mol. The van der Waals surface area contributed by atoms with Crippen molar-refractivity contribution in [3.63, 3.8) is 0 Å². The Bertz CT molecular complexity index is 746. The van der Waals surface area contributed by atoms with Crippen LogP contribution in [0.25, 0.3) is 0 Å². The van der Waals surface area contributed by atoms with Gasteiger partial charge in [0.2, 0.25) is 0 Å². The van der Waals surface area contributed by atoms with Crippen LogP contribution in [0.15, 0.2) is 11.6 Å². The van der Waals surface area contributed by atoms with Gasteiger partial charge in [-0.2, -0.15) is 0 Å². The number of rotatable bonds is 2. The molecule has 27 heavy (non-hydrogen) atoms. The Kier molecular flexibility index (Phi) is 4.31. The van der Waals surface area contributed by atoms with E-state index in [-0.39, 0.29) is 22.6 Å². The van der Waals surface area contributed by atoms with Crippen LogP contribution >= 0.6 is 0 Å². The largest absolute Gasteiger partial charge is 0.465 e. The maximum absolute atomic E-state index is 12.1. The SMILES string of the molecule is C#CC1(O)CC[C@H]2[C@@H]3CCC4=CC(=O)CC[C@]4(COC(C)=O)[C@H]3CC[C@@]21C. The molecule has 0 amide bonds. The molecular formula is C23H30O4. The second-order valence-corrected chi connectivity index (χ2v) is 9.49. The van der Waals surface area contributed by atoms with E-state index < -0.39 is 5.60 Å². The zero-order valence-corrected chi connectivity index (χ0v) is 16.4. The van der Waals surface area contributed by atoms with Crippen LogP contribution in [0.2, 0.25) is 0 Å². The van der Waals surface area contributed by atoms with E-state index in [9.17, 15) is 14.7 Å². The number of aliphatic hydroxyl groups is 1. The highest BCUT2D eigenvalue weighted by Crippen LogP contribution is 2.67. The molecule has 0 aromatic rings. The van der Waals surface area contributed by atoms with Crippen LogP contribution in [-0.4, -0.2) is 29.1 Å². The first-order valence-electron chi connectivity index (χ1n) is 10.3. The van der Waals surface area contributed by atoms with E-state index >= 15 is 0 Å². The first-order chi connectivity index (χ1) is 12.8. The summed E-state index contributed by atoms with van der Waals surface area (Å²) in [6.45, 7) is 4.01. The smallest absolute Gasteiger partial charge is 0.302 e. The molecule has 3 saturated carbocycles. The molecule has 6 atom stereocenters. The van der Waals surface area contributed by atoms with E-state index in [1.807, 2.05) is 6.08 Å². The highest BCUT2D eigenvalue weighted by molar-refractivity contribution is 5.91. The quantitative estimate of drug-likeness (QED) is 0.597. The van der Waals surface area contributed by atoms with Gasteiger partial charge in [-0.05, 0) is 68.8 Å². The summed E-state index contributed by atoms with van der Waals surface area (Å²) in [5.74, 6) is 3.91. The van der Waals surface area contributed by atoms with E-state index in [1.54, 1.807) is 0 Å². The summed E-state index contributed by atoms with van der Waals surface area (Å²) in [7, 11) is 0. The molecule has 0 heterocycles. The van der Waals surface area contributed by atoms with E-state index in [0.29, 0.717) is 37.2 Å². The van der Waals surface area contributed by atoms with Gasteiger partial charge < -0.3 is 9.84 Å². The molecule has 1 N–H and O–H groups in total. The maximum Gasteiger partial charge on any atom is 0.302 e. The van der Waals surface area contributed by atoms with Gasteiger partial charge in [0.15, 0.2) is 5.78 Å². The predicted octanol–water partition coefficient (Wildman–Crippen LogP) is 3.43. The molecule has 0 aromatic carbocycles. The zero-order chi connectivity index (χ0) is 19.4. The Labute approximate surface area is 161 Å². The molecule has 4 nitrogen and oxygen atoms in total. The standard InChI is InChI=1S/C23H30O4/c1-4-23(26)12-9-19-18-6-5-16-13-17(25)7-11-22(16,14-27-15(2)24)20(18)8-10-21(19,23)3/h1,13,18-20,26H,5-12,14H2,2-3H3/t18-,19-,20-,21-,22+,23?/m0/s1. The van der Waals surface area contributed by atoms with Gasteiger partial charge in [0.1, 0.15) is 12.2 Å². The molecule has 0 bridgehead atoms. The summed E-state index contributed by atoms with van der Waals surface area (Å²) in [6, 6.07) is 0. The van der Waals surface area contributed by atoms with Crippen molar-refractivity contribution < 1.29 is 19.4 Å². The molecule has 1 unspecified atom stereocenters. The van der Waals surface area contributed by atoms with Crippen molar-refractivity contribution in [2.75, 3.05) is 6.61 Å². The van der Waals surface area contributed by atoms with E-state index in [4.69, 9.17) is 11.2 Å². The van der Waals surface area contributed by atoms with Crippen molar-refractivity contribution in [3.05, 3.63) is 11.6 Å². The van der Waals surface area contributed by atoms with Crippen LogP contribution in [0, 0.1) is 40.9 Å². The van der Waals surface area contributed by atoms with Gasteiger partial charge >= 0.3 is 5.97 Å². The van der Waals surface area contributed by atoms with Gasteiger partial charge in [-0.15, -0.1) is 6.42 Å². The number of esters is 1. The van der Waals surface area contributed by atoms with Gasteiger partial charge in [0, 0.05) is 24.2 Å². The van der Waals surface area contributed by atoms with Crippen molar-refractivity contribution in [2.45, 2.75) is 70.8 Å². The highest BCUT2D eigenvalue weighted by Gasteiger charge is 2.64. The summed E-state index contributed by atoms with van der Waals surface area (Å²) in [4.78, 5) is 23.7. The average molecular weight is 370 g/mol. The fourth-order valence-corrected chi connectivity index (χ4v) is 7.12. The third-order valence-electron chi connectivity index (χ3n) is 8.61. The summed E-state index contributed by atoms with van der Waals surface area (Å²) >= 11 is 0. The Morgan fingerprint density at radius 3 is 2.70 bits per heavy atom. The number of ether oxygens (including phenoxy) is 1. The van der Waals surface area contributed by atoms with Crippen LogP contribution in [0.1, 0.15) is 65.2 Å². The van der Waals surface area contributed by atoms with Crippen molar-refractivity contribution in [3.8, 4) is 12.3 Å². The monoisotopic (exact) mass is 370 g/mol. The van der Waals surface area contributed by atoms with Gasteiger partial charge in [-0.3, -0.25) is 9.59 Å². The maximum atomic E-state index is 12.1. The van der Waals surface area contributed by atoms with Crippen LogP contribution < -0.4 is 0 Å². The summed E-state index contributed by atoms with van der Waals surface area (Å²) < 4.78 is 5.55. The lowest BCUT2D eigenvalue weighted by Gasteiger charge is -2.59. The lowest BCUT2D eigenvalue weighted by molar-refractivity contribution is -0.152. The van der Waals surface area contributed by atoms with Crippen LogP contribution in [-0.2, 0) is 14.3 Å². The molecule has 0 spiro atoms. The molecule has 4 aliphatic rings. The van der Waals surface area contributed by atoms with Gasteiger partial charge in [0.25, 0.3) is 0 Å². The van der Waals surface area contributed by atoms with Crippen LogP contribution in [0.3, 0.4) is 0 Å². The van der Waals surface area contributed by atoms with E-state index in [2.05, 4.69) is 12.8 Å².